The number of rotatable bonds is 7. The molecule has 1 amide bonds. The first kappa shape index (κ1) is 24.0. The molecule has 3 rings (SSSR count). The number of piperazine rings is 1. The number of furan rings is 1. The van der Waals surface area contributed by atoms with E-state index < -0.39 is 0 Å². The molecule has 0 aromatic carbocycles. The Morgan fingerprint density at radius 2 is 1.86 bits per heavy atom. The van der Waals surface area contributed by atoms with Crippen LogP contribution in [0.2, 0.25) is 0 Å². The van der Waals surface area contributed by atoms with E-state index >= 15 is 0 Å². The minimum absolute atomic E-state index is 0. The molecular formula is C21H36IN5O2. The van der Waals surface area contributed by atoms with E-state index in [0.29, 0.717) is 12.5 Å². The molecule has 3 heterocycles. The molecule has 164 valence electrons. The lowest BCUT2D eigenvalue weighted by Gasteiger charge is -2.36. The molecule has 2 aliphatic heterocycles. The van der Waals surface area contributed by atoms with E-state index in [4.69, 9.17) is 9.41 Å². The summed E-state index contributed by atoms with van der Waals surface area (Å²) in [6.07, 6.45) is 4.86. The van der Waals surface area contributed by atoms with E-state index in [1.165, 1.54) is 0 Å². The molecule has 0 unspecified atom stereocenters. The SMILES string of the molecule is CC(C)CN=C(NCCc1ccco1)N1CCN(CC(=O)N2CCCC2)CC1.I. The summed E-state index contributed by atoms with van der Waals surface area (Å²) in [5, 5.41) is 3.51. The summed E-state index contributed by atoms with van der Waals surface area (Å²) in [5.74, 6) is 2.78. The van der Waals surface area contributed by atoms with Crippen molar-refractivity contribution < 1.29 is 9.21 Å². The number of guanidine groups is 1. The topological polar surface area (TPSA) is 64.3 Å². The van der Waals surface area contributed by atoms with Crippen LogP contribution < -0.4 is 5.32 Å². The Bertz CT molecular complexity index is 621. The Morgan fingerprint density at radius 1 is 1.14 bits per heavy atom. The molecule has 8 heteroatoms. The fourth-order valence-corrected chi connectivity index (χ4v) is 3.66. The third-order valence-corrected chi connectivity index (χ3v) is 5.33. The number of halogens is 1. The monoisotopic (exact) mass is 517 g/mol. The van der Waals surface area contributed by atoms with Crippen LogP contribution in [0.1, 0.15) is 32.4 Å². The number of likely N-dealkylation sites (tertiary alicyclic amines) is 1. The average molecular weight is 517 g/mol. The molecule has 0 bridgehead atoms. The third-order valence-electron chi connectivity index (χ3n) is 5.33. The van der Waals surface area contributed by atoms with Crippen molar-refractivity contribution in [1.82, 2.24) is 20.0 Å². The number of amides is 1. The van der Waals surface area contributed by atoms with E-state index in [1.807, 2.05) is 17.0 Å². The van der Waals surface area contributed by atoms with Gasteiger partial charge in [0.1, 0.15) is 5.76 Å². The van der Waals surface area contributed by atoms with Gasteiger partial charge in [-0.05, 0) is 30.9 Å². The van der Waals surface area contributed by atoms with Gasteiger partial charge < -0.3 is 19.5 Å². The second-order valence-corrected chi connectivity index (χ2v) is 8.17. The van der Waals surface area contributed by atoms with Gasteiger partial charge in [0.15, 0.2) is 5.96 Å². The van der Waals surface area contributed by atoms with Crippen molar-refractivity contribution >= 4 is 35.8 Å². The van der Waals surface area contributed by atoms with Crippen LogP contribution in [0.15, 0.2) is 27.8 Å². The van der Waals surface area contributed by atoms with Gasteiger partial charge in [0.05, 0.1) is 12.8 Å². The van der Waals surface area contributed by atoms with Crippen molar-refractivity contribution in [2.75, 3.05) is 58.9 Å². The number of aliphatic imine (C=N–C) groups is 1. The van der Waals surface area contributed by atoms with E-state index in [-0.39, 0.29) is 29.9 Å². The summed E-state index contributed by atoms with van der Waals surface area (Å²) >= 11 is 0. The highest BCUT2D eigenvalue weighted by molar-refractivity contribution is 14.0. The molecule has 0 saturated carbocycles. The molecule has 2 aliphatic rings. The quantitative estimate of drug-likeness (QED) is 0.342. The molecule has 7 nitrogen and oxygen atoms in total. The highest BCUT2D eigenvalue weighted by atomic mass is 127. The highest BCUT2D eigenvalue weighted by Gasteiger charge is 2.24. The fraction of sp³-hybridized carbons (Fsp3) is 0.714. The van der Waals surface area contributed by atoms with E-state index in [2.05, 4.69) is 29.0 Å². The minimum atomic E-state index is 0. The second kappa shape index (κ2) is 12.4. The van der Waals surface area contributed by atoms with Gasteiger partial charge in [-0.3, -0.25) is 14.7 Å². The van der Waals surface area contributed by atoms with Gasteiger partial charge in [0.25, 0.3) is 0 Å². The number of nitrogens with one attached hydrogen (secondary N) is 1. The number of hydrogen-bond acceptors (Lipinski definition) is 4. The summed E-state index contributed by atoms with van der Waals surface area (Å²) in [7, 11) is 0. The lowest BCUT2D eigenvalue weighted by atomic mass is 10.2. The summed E-state index contributed by atoms with van der Waals surface area (Å²) in [6.45, 7) is 12.0. The fourth-order valence-electron chi connectivity index (χ4n) is 3.66. The molecule has 0 spiro atoms. The lowest BCUT2D eigenvalue weighted by Crippen LogP contribution is -2.54. The average Bonchev–Trinajstić information content (AvgIpc) is 3.39. The van der Waals surface area contributed by atoms with E-state index in [1.54, 1.807) is 6.26 Å². The van der Waals surface area contributed by atoms with Crippen LogP contribution in [0.4, 0.5) is 0 Å². The van der Waals surface area contributed by atoms with Crippen LogP contribution in [0.25, 0.3) is 0 Å². The van der Waals surface area contributed by atoms with Gasteiger partial charge in [-0.2, -0.15) is 0 Å². The first-order valence-corrected chi connectivity index (χ1v) is 10.7. The van der Waals surface area contributed by atoms with Crippen LogP contribution in [0.5, 0.6) is 0 Å². The predicted octanol–water partition coefficient (Wildman–Crippen LogP) is 2.28. The Labute approximate surface area is 191 Å². The number of carbonyl (C=O) groups excluding carboxylic acids is 1. The summed E-state index contributed by atoms with van der Waals surface area (Å²) in [5.41, 5.74) is 0. The van der Waals surface area contributed by atoms with Crippen molar-refractivity contribution in [2.24, 2.45) is 10.9 Å². The van der Waals surface area contributed by atoms with Crippen LogP contribution in [-0.4, -0.2) is 85.5 Å². The van der Waals surface area contributed by atoms with Crippen LogP contribution in [0.3, 0.4) is 0 Å². The van der Waals surface area contributed by atoms with Crippen LogP contribution in [0, 0.1) is 5.92 Å². The van der Waals surface area contributed by atoms with Gasteiger partial charge >= 0.3 is 0 Å². The normalized spacial score (nSPS) is 18.2. The Kier molecular flexibility index (Phi) is 10.3. The van der Waals surface area contributed by atoms with Gasteiger partial charge in [0.2, 0.25) is 5.91 Å². The molecule has 0 atom stereocenters. The standard InChI is InChI=1S/C21H35N5O2.HI/c1-18(2)16-23-21(22-8-7-19-6-5-15-28-19)26-13-11-24(12-14-26)17-20(27)25-9-3-4-10-25;/h5-6,15,18H,3-4,7-14,16-17H2,1-2H3,(H,22,23);1H. The maximum absolute atomic E-state index is 12.4. The molecular weight excluding hydrogens is 481 g/mol. The molecule has 0 aliphatic carbocycles. The maximum atomic E-state index is 12.4. The van der Waals surface area contributed by atoms with Crippen molar-refractivity contribution in [2.45, 2.75) is 33.1 Å². The van der Waals surface area contributed by atoms with Crippen molar-refractivity contribution in [1.29, 1.82) is 0 Å². The van der Waals surface area contributed by atoms with E-state index in [9.17, 15) is 4.79 Å². The number of nitrogens with zero attached hydrogens (tertiary/aromatic N) is 4. The smallest absolute Gasteiger partial charge is 0.236 e. The Hall–Kier alpha value is -1.29. The molecule has 1 aromatic rings. The Morgan fingerprint density at radius 3 is 2.48 bits per heavy atom. The van der Waals surface area contributed by atoms with Gasteiger partial charge in [0, 0.05) is 58.8 Å². The molecule has 1 N–H and O–H groups in total. The van der Waals surface area contributed by atoms with Crippen molar-refractivity contribution in [3.8, 4) is 0 Å². The van der Waals surface area contributed by atoms with Gasteiger partial charge in [-0.25, -0.2) is 0 Å². The zero-order chi connectivity index (χ0) is 19.8. The number of carbonyl (C=O) groups is 1. The maximum Gasteiger partial charge on any atom is 0.236 e. The number of hydrogen-bond donors (Lipinski definition) is 1. The van der Waals surface area contributed by atoms with Crippen molar-refractivity contribution in [3.63, 3.8) is 0 Å². The minimum Gasteiger partial charge on any atom is -0.469 e. The second-order valence-electron chi connectivity index (χ2n) is 8.17. The zero-order valence-corrected chi connectivity index (χ0v) is 20.1. The molecule has 2 saturated heterocycles. The van der Waals surface area contributed by atoms with Crippen LogP contribution >= 0.6 is 24.0 Å². The third kappa shape index (κ3) is 7.81. The molecule has 2 fully saturated rings. The predicted molar refractivity (Wildman–Crippen MR) is 127 cm³/mol. The Balaban J connectivity index is 0.00000300. The lowest BCUT2D eigenvalue weighted by molar-refractivity contribution is -0.131. The van der Waals surface area contributed by atoms with Gasteiger partial charge in [-0.15, -0.1) is 24.0 Å². The highest BCUT2D eigenvalue weighted by Crippen LogP contribution is 2.10. The largest absolute Gasteiger partial charge is 0.469 e. The summed E-state index contributed by atoms with van der Waals surface area (Å²) < 4.78 is 5.42. The van der Waals surface area contributed by atoms with Crippen molar-refractivity contribution in [3.05, 3.63) is 24.2 Å². The van der Waals surface area contributed by atoms with Crippen LogP contribution in [-0.2, 0) is 11.2 Å². The zero-order valence-electron chi connectivity index (χ0n) is 17.8. The molecule has 0 radical (unpaired) electrons. The molecule has 1 aromatic heterocycles. The summed E-state index contributed by atoms with van der Waals surface area (Å²) in [6, 6.07) is 3.93. The summed E-state index contributed by atoms with van der Waals surface area (Å²) in [4.78, 5) is 23.8. The molecule has 29 heavy (non-hydrogen) atoms. The van der Waals surface area contributed by atoms with Gasteiger partial charge in [-0.1, -0.05) is 13.8 Å². The first-order valence-electron chi connectivity index (χ1n) is 10.7. The van der Waals surface area contributed by atoms with E-state index in [0.717, 1.165) is 83.3 Å². The first-order chi connectivity index (χ1) is 13.6.